The summed E-state index contributed by atoms with van der Waals surface area (Å²) in [6.07, 6.45) is 4.92. The molecule has 1 aliphatic heterocycles. The molecule has 6 nitrogen and oxygen atoms in total. The number of benzene rings is 2. The second-order valence-corrected chi connectivity index (χ2v) is 8.28. The molecule has 5 rings (SSSR count). The first-order chi connectivity index (χ1) is 15.5. The van der Waals surface area contributed by atoms with Crippen molar-refractivity contribution in [3.63, 3.8) is 0 Å². The zero-order valence-electron chi connectivity index (χ0n) is 18.6. The maximum Gasteiger partial charge on any atom is 0.237 e. The summed E-state index contributed by atoms with van der Waals surface area (Å²) in [5.41, 5.74) is 6.83. The van der Waals surface area contributed by atoms with Crippen LogP contribution in [0.5, 0.6) is 0 Å². The summed E-state index contributed by atoms with van der Waals surface area (Å²) in [5.74, 6) is 1.61. The Balaban J connectivity index is 1.60. The molecule has 0 N–H and O–H groups in total. The fraction of sp³-hybridized carbons (Fsp3) is 0.231. The quantitative estimate of drug-likeness (QED) is 0.351. The van der Waals surface area contributed by atoms with Gasteiger partial charge in [0, 0.05) is 28.8 Å². The average Bonchev–Trinajstić information content (AvgIpc) is 3.55. The van der Waals surface area contributed by atoms with Crippen molar-refractivity contribution >= 4 is 5.88 Å². The molecular weight excluding hydrogens is 402 g/mol. The van der Waals surface area contributed by atoms with E-state index in [0.717, 1.165) is 45.1 Å². The lowest BCUT2D eigenvalue weighted by Gasteiger charge is -2.23. The lowest BCUT2D eigenvalue weighted by atomic mass is 9.95. The lowest BCUT2D eigenvalue weighted by molar-refractivity contribution is 0.169. The normalized spacial score (nSPS) is 15.5. The molecule has 0 aliphatic carbocycles. The van der Waals surface area contributed by atoms with E-state index in [-0.39, 0.29) is 12.1 Å². The van der Waals surface area contributed by atoms with Gasteiger partial charge in [-0.1, -0.05) is 61.5 Å². The summed E-state index contributed by atoms with van der Waals surface area (Å²) in [4.78, 5) is 6.72. The van der Waals surface area contributed by atoms with Gasteiger partial charge in [0.25, 0.3) is 0 Å². The average molecular weight is 428 g/mol. The number of ether oxygens (including phenoxy) is 1. The lowest BCUT2D eigenvalue weighted by Crippen LogP contribution is -2.20. The molecule has 32 heavy (non-hydrogen) atoms. The first-order valence-corrected chi connectivity index (χ1v) is 10.7. The van der Waals surface area contributed by atoms with E-state index in [9.17, 15) is 0 Å². The number of oxazole rings is 1. The van der Waals surface area contributed by atoms with E-state index in [1.165, 1.54) is 0 Å². The van der Waals surface area contributed by atoms with Crippen molar-refractivity contribution in [2.45, 2.75) is 39.8 Å². The minimum absolute atomic E-state index is 0.211. The van der Waals surface area contributed by atoms with Gasteiger partial charge >= 0.3 is 0 Å². The van der Waals surface area contributed by atoms with E-state index in [4.69, 9.17) is 18.7 Å². The van der Waals surface area contributed by atoms with E-state index in [1.54, 1.807) is 12.5 Å². The molecule has 0 saturated carbocycles. The van der Waals surface area contributed by atoms with Crippen LogP contribution in [0.15, 0.2) is 76.2 Å². The first kappa shape index (κ1) is 20.1. The number of aryl methyl sites for hydroxylation is 1. The van der Waals surface area contributed by atoms with Gasteiger partial charge in [-0.05, 0) is 31.0 Å². The maximum absolute atomic E-state index is 5.96. The SMILES string of the molecule is Cc1noc(N2C=COC2c2ccc(-c3ccccc3)c(-c3coc(C(C)C)n3)c2)c1C. The summed E-state index contributed by atoms with van der Waals surface area (Å²) in [7, 11) is 0. The van der Waals surface area contributed by atoms with Gasteiger partial charge in [-0.15, -0.1) is 0 Å². The third kappa shape index (κ3) is 3.47. The highest BCUT2D eigenvalue weighted by atomic mass is 16.5. The topological polar surface area (TPSA) is 64.5 Å². The number of anilines is 1. The van der Waals surface area contributed by atoms with Crippen molar-refractivity contribution in [3.8, 4) is 22.4 Å². The molecule has 1 aliphatic rings. The molecule has 0 fully saturated rings. The second kappa shape index (κ2) is 8.04. The van der Waals surface area contributed by atoms with Crippen LogP contribution < -0.4 is 4.90 Å². The largest absolute Gasteiger partial charge is 0.472 e. The Morgan fingerprint density at radius 3 is 2.50 bits per heavy atom. The third-order valence-electron chi connectivity index (χ3n) is 5.75. The molecule has 1 atom stereocenters. The van der Waals surface area contributed by atoms with Crippen molar-refractivity contribution in [1.29, 1.82) is 0 Å². The first-order valence-electron chi connectivity index (χ1n) is 10.7. The van der Waals surface area contributed by atoms with E-state index in [0.29, 0.717) is 5.88 Å². The molecule has 0 bridgehead atoms. The number of hydrogen-bond donors (Lipinski definition) is 0. The Kier molecular flexibility index (Phi) is 5.05. The zero-order valence-corrected chi connectivity index (χ0v) is 18.6. The Hall–Kier alpha value is -3.80. The van der Waals surface area contributed by atoms with Crippen molar-refractivity contribution in [3.05, 3.63) is 90.0 Å². The van der Waals surface area contributed by atoms with Crippen LogP contribution in [0.2, 0.25) is 0 Å². The fourth-order valence-electron chi connectivity index (χ4n) is 3.85. The van der Waals surface area contributed by atoms with E-state index >= 15 is 0 Å². The molecule has 4 aromatic rings. The van der Waals surface area contributed by atoms with E-state index in [2.05, 4.69) is 49.3 Å². The molecule has 3 heterocycles. The van der Waals surface area contributed by atoms with Gasteiger partial charge in [0.1, 0.15) is 18.2 Å². The highest BCUT2D eigenvalue weighted by Gasteiger charge is 2.30. The van der Waals surface area contributed by atoms with Crippen LogP contribution in [0.3, 0.4) is 0 Å². The summed E-state index contributed by atoms with van der Waals surface area (Å²) in [5, 5.41) is 4.10. The van der Waals surface area contributed by atoms with Crippen molar-refractivity contribution in [2.75, 3.05) is 4.90 Å². The standard InChI is InChI=1S/C26H25N3O3/c1-16(2)24-27-23(15-31-24)22-14-20(10-11-21(22)19-8-6-5-7-9-19)26-29(12-13-30-26)25-17(3)18(4)28-32-25/h5-16,26H,1-4H3. The van der Waals surface area contributed by atoms with Gasteiger partial charge in [-0.25, -0.2) is 4.98 Å². The molecule has 162 valence electrons. The van der Waals surface area contributed by atoms with Gasteiger partial charge in [-0.2, -0.15) is 0 Å². The Morgan fingerprint density at radius 2 is 1.81 bits per heavy atom. The predicted molar refractivity (Wildman–Crippen MR) is 123 cm³/mol. The predicted octanol–water partition coefficient (Wildman–Crippen LogP) is 6.74. The van der Waals surface area contributed by atoms with Gasteiger partial charge in [-0.3, -0.25) is 4.90 Å². The Morgan fingerprint density at radius 1 is 1.00 bits per heavy atom. The summed E-state index contributed by atoms with van der Waals surface area (Å²) in [6, 6.07) is 16.6. The van der Waals surface area contributed by atoms with Crippen LogP contribution in [-0.4, -0.2) is 10.1 Å². The number of nitrogens with zero attached hydrogens (tertiary/aromatic N) is 3. The fourth-order valence-corrected chi connectivity index (χ4v) is 3.85. The number of hydrogen-bond acceptors (Lipinski definition) is 6. The minimum Gasteiger partial charge on any atom is -0.472 e. The van der Waals surface area contributed by atoms with Crippen molar-refractivity contribution in [1.82, 2.24) is 10.1 Å². The van der Waals surface area contributed by atoms with Crippen molar-refractivity contribution in [2.24, 2.45) is 0 Å². The smallest absolute Gasteiger partial charge is 0.237 e. The van der Waals surface area contributed by atoms with Gasteiger partial charge in [0.15, 0.2) is 5.89 Å². The summed E-state index contributed by atoms with van der Waals surface area (Å²) < 4.78 is 17.3. The minimum atomic E-state index is -0.360. The second-order valence-electron chi connectivity index (χ2n) is 8.28. The third-order valence-corrected chi connectivity index (χ3v) is 5.75. The number of rotatable bonds is 5. The van der Waals surface area contributed by atoms with Gasteiger partial charge < -0.3 is 13.7 Å². The van der Waals surface area contributed by atoms with E-state index in [1.807, 2.05) is 43.1 Å². The van der Waals surface area contributed by atoms with Crippen LogP contribution in [0.1, 0.15) is 48.7 Å². The van der Waals surface area contributed by atoms with E-state index < -0.39 is 0 Å². The number of aromatic nitrogens is 2. The van der Waals surface area contributed by atoms with Crippen LogP contribution in [-0.2, 0) is 4.74 Å². The maximum atomic E-state index is 5.96. The molecule has 6 heteroatoms. The van der Waals surface area contributed by atoms with Crippen LogP contribution >= 0.6 is 0 Å². The molecule has 1 unspecified atom stereocenters. The zero-order chi connectivity index (χ0) is 22.2. The molecule has 2 aromatic carbocycles. The van der Waals surface area contributed by atoms with Crippen molar-refractivity contribution < 1.29 is 13.7 Å². The van der Waals surface area contributed by atoms with Gasteiger partial charge in [0.2, 0.25) is 12.1 Å². The molecule has 0 amide bonds. The summed E-state index contributed by atoms with van der Waals surface area (Å²) >= 11 is 0. The van der Waals surface area contributed by atoms with Crippen LogP contribution in [0, 0.1) is 13.8 Å². The van der Waals surface area contributed by atoms with Crippen LogP contribution in [0.4, 0.5) is 5.88 Å². The Bertz CT molecular complexity index is 1270. The molecule has 0 radical (unpaired) electrons. The molecule has 0 spiro atoms. The monoisotopic (exact) mass is 427 g/mol. The summed E-state index contributed by atoms with van der Waals surface area (Å²) in [6.45, 7) is 8.07. The molecule has 2 aromatic heterocycles. The Labute approximate surface area is 187 Å². The highest BCUT2D eigenvalue weighted by Crippen LogP contribution is 2.39. The molecular formula is C26H25N3O3. The molecule has 0 saturated heterocycles. The highest BCUT2D eigenvalue weighted by molar-refractivity contribution is 5.82. The van der Waals surface area contributed by atoms with Crippen LogP contribution in [0.25, 0.3) is 22.4 Å². The van der Waals surface area contributed by atoms with Gasteiger partial charge in [0.05, 0.1) is 5.69 Å².